The summed E-state index contributed by atoms with van der Waals surface area (Å²) in [6.45, 7) is 10.1. The molecule has 0 aliphatic carbocycles. The van der Waals surface area contributed by atoms with Crippen molar-refractivity contribution >= 4 is 23.2 Å². The van der Waals surface area contributed by atoms with E-state index in [1.54, 1.807) is 0 Å². The van der Waals surface area contributed by atoms with Crippen molar-refractivity contribution in [3.8, 4) is 11.5 Å². The molecule has 1 unspecified atom stereocenters. The fraction of sp³-hybridized carbons (Fsp3) is 0.318. The molecule has 3 aromatic rings. The lowest BCUT2D eigenvalue weighted by molar-refractivity contribution is 0.0993. The highest BCUT2D eigenvalue weighted by Crippen LogP contribution is 2.28. The van der Waals surface area contributed by atoms with E-state index in [9.17, 15) is 4.79 Å². The normalized spacial score (nSPS) is 12.0. The molecule has 0 fully saturated rings. The Balaban J connectivity index is 1.68. The molecule has 0 aliphatic heterocycles. The third-order valence-corrected chi connectivity index (χ3v) is 5.57. The van der Waals surface area contributed by atoms with Crippen LogP contribution < -0.4 is 4.90 Å². The van der Waals surface area contributed by atoms with Gasteiger partial charge in [0.1, 0.15) is 0 Å². The second-order valence-corrected chi connectivity index (χ2v) is 7.87. The Morgan fingerprint density at radius 1 is 1.04 bits per heavy atom. The zero-order valence-electron chi connectivity index (χ0n) is 16.7. The largest absolute Gasteiger partial charge is 0.411 e. The average molecular weight is 396 g/mol. The quantitative estimate of drug-likeness (QED) is 0.383. The molecule has 0 spiro atoms. The molecule has 146 valence electrons. The molecule has 0 aliphatic rings. The van der Waals surface area contributed by atoms with Gasteiger partial charge in [0.05, 0.1) is 5.25 Å². The van der Waals surface area contributed by atoms with Crippen LogP contribution in [0.5, 0.6) is 0 Å². The number of benzene rings is 2. The van der Waals surface area contributed by atoms with Crippen molar-refractivity contribution in [2.75, 3.05) is 18.0 Å². The minimum absolute atomic E-state index is 0.0494. The minimum atomic E-state index is -0.305. The highest BCUT2D eigenvalue weighted by molar-refractivity contribution is 8.00. The van der Waals surface area contributed by atoms with Crippen molar-refractivity contribution in [3.05, 3.63) is 59.7 Å². The van der Waals surface area contributed by atoms with Crippen molar-refractivity contribution in [2.45, 2.75) is 38.2 Å². The first-order chi connectivity index (χ1) is 13.5. The van der Waals surface area contributed by atoms with E-state index in [0.29, 0.717) is 16.7 Å². The van der Waals surface area contributed by atoms with Gasteiger partial charge in [0, 0.05) is 29.9 Å². The summed E-state index contributed by atoms with van der Waals surface area (Å²) in [5, 5.41) is 8.33. The van der Waals surface area contributed by atoms with Crippen molar-refractivity contribution in [2.24, 2.45) is 0 Å². The lowest BCUT2D eigenvalue weighted by atomic mass is 10.1. The fourth-order valence-electron chi connectivity index (χ4n) is 2.93. The third-order valence-electron chi connectivity index (χ3n) is 4.63. The van der Waals surface area contributed by atoms with Crippen LogP contribution in [0.4, 0.5) is 5.69 Å². The molecule has 0 saturated carbocycles. The van der Waals surface area contributed by atoms with Crippen LogP contribution in [-0.4, -0.2) is 34.3 Å². The van der Waals surface area contributed by atoms with Crippen LogP contribution in [-0.2, 0) is 0 Å². The van der Waals surface area contributed by atoms with Crippen LogP contribution in [0, 0.1) is 6.92 Å². The van der Waals surface area contributed by atoms with Gasteiger partial charge in [-0.3, -0.25) is 4.79 Å². The SMILES string of the molecule is CCN(CC)c1ccc(-c2nnc(SC(C)C(=O)c3ccc(C)cc3)o2)cc1. The van der Waals surface area contributed by atoms with Crippen LogP contribution in [0.25, 0.3) is 11.5 Å². The molecule has 1 heterocycles. The maximum Gasteiger partial charge on any atom is 0.277 e. The maximum absolute atomic E-state index is 12.6. The number of hydrogen-bond donors (Lipinski definition) is 0. The smallest absolute Gasteiger partial charge is 0.277 e. The van der Waals surface area contributed by atoms with E-state index in [1.165, 1.54) is 17.4 Å². The number of Topliss-reactive ketones (excluding diaryl/α,β-unsaturated/α-hetero) is 1. The molecule has 3 rings (SSSR count). The lowest BCUT2D eigenvalue weighted by Gasteiger charge is -2.20. The van der Waals surface area contributed by atoms with Crippen molar-refractivity contribution in [1.29, 1.82) is 0 Å². The summed E-state index contributed by atoms with van der Waals surface area (Å²) in [4.78, 5) is 14.9. The maximum atomic E-state index is 12.6. The Morgan fingerprint density at radius 3 is 2.29 bits per heavy atom. The number of anilines is 1. The summed E-state index contributed by atoms with van der Waals surface area (Å²) < 4.78 is 5.77. The first kappa shape index (κ1) is 20.1. The Labute approximate surface area is 170 Å². The van der Waals surface area contributed by atoms with Gasteiger partial charge in [0.15, 0.2) is 5.78 Å². The topological polar surface area (TPSA) is 59.2 Å². The van der Waals surface area contributed by atoms with E-state index in [2.05, 4.69) is 41.1 Å². The number of nitrogens with zero attached hydrogens (tertiary/aromatic N) is 3. The number of aryl methyl sites for hydroxylation is 1. The number of carbonyl (C=O) groups is 1. The van der Waals surface area contributed by atoms with E-state index < -0.39 is 0 Å². The molecule has 1 aromatic heterocycles. The third kappa shape index (κ3) is 4.62. The van der Waals surface area contributed by atoms with Gasteiger partial charge in [0.25, 0.3) is 5.22 Å². The van der Waals surface area contributed by atoms with Crippen molar-refractivity contribution in [1.82, 2.24) is 10.2 Å². The van der Waals surface area contributed by atoms with E-state index in [-0.39, 0.29) is 11.0 Å². The molecule has 6 heteroatoms. The molecule has 5 nitrogen and oxygen atoms in total. The van der Waals surface area contributed by atoms with E-state index >= 15 is 0 Å². The van der Waals surface area contributed by atoms with Gasteiger partial charge >= 0.3 is 0 Å². The zero-order chi connectivity index (χ0) is 20.1. The monoisotopic (exact) mass is 395 g/mol. The Hall–Kier alpha value is -2.60. The van der Waals surface area contributed by atoms with Crippen LogP contribution in [0.3, 0.4) is 0 Å². The first-order valence-electron chi connectivity index (χ1n) is 9.48. The van der Waals surface area contributed by atoms with Crippen LogP contribution >= 0.6 is 11.8 Å². The number of aromatic nitrogens is 2. The summed E-state index contributed by atoms with van der Waals surface area (Å²) in [6, 6.07) is 15.7. The second kappa shape index (κ2) is 9.06. The van der Waals surface area contributed by atoms with E-state index in [1.807, 2.05) is 50.2 Å². The molecule has 0 bridgehead atoms. The highest BCUT2D eigenvalue weighted by atomic mass is 32.2. The second-order valence-electron chi connectivity index (χ2n) is 6.58. The van der Waals surface area contributed by atoms with Gasteiger partial charge in [-0.15, -0.1) is 10.2 Å². The van der Waals surface area contributed by atoms with Gasteiger partial charge in [-0.1, -0.05) is 41.6 Å². The highest BCUT2D eigenvalue weighted by Gasteiger charge is 2.20. The predicted octanol–water partition coefficient (Wildman–Crippen LogP) is 5.25. The molecule has 1 atom stereocenters. The molecular weight excluding hydrogens is 370 g/mol. The van der Waals surface area contributed by atoms with Crippen LogP contribution in [0.1, 0.15) is 36.7 Å². The lowest BCUT2D eigenvalue weighted by Crippen LogP contribution is -2.21. The van der Waals surface area contributed by atoms with Crippen LogP contribution in [0.15, 0.2) is 58.2 Å². The zero-order valence-corrected chi connectivity index (χ0v) is 17.5. The molecule has 28 heavy (non-hydrogen) atoms. The number of hydrogen-bond acceptors (Lipinski definition) is 6. The summed E-state index contributed by atoms with van der Waals surface area (Å²) in [7, 11) is 0. The first-order valence-corrected chi connectivity index (χ1v) is 10.4. The molecule has 0 radical (unpaired) electrons. The molecule has 0 saturated heterocycles. The predicted molar refractivity (Wildman–Crippen MR) is 114 cm³/mol. The summed E-state index contributed by atoms with van der Waals surface area (Å²) >= 11 is 1.28. The van der Waals surface area contributed by atoms with Gasteiger partial charge in [-0.2, -0.15) is 0 Å². The van der Waals surface area contributed by atoms with Crippen molar-refractivity contribution in [3.63, 3.8) is 0 Å². The van der Waals surface area contributed by atoms with Crippen molar-refractivity contribution < 1.29 is 9.21 Å². The molecule has 0 N–H and O–H groups in total. The van der Waals surface area contributed by atoms with Gasteiger partial charge in [-0.05, 0) is 52.0 Å². The molecule has 2 aromatic carbocycles. The van der Waals surface area contributed by atoms with E-state index in [0.717, 1.165) is 24.2 Å². The van der Waals surface area contributed by atoms with Gasteiger partial charge in [0.2, 0.25) is 5.89 Å². The minimum Gasteiger partial charge on any atom is -0.411 e. The number of thioether (sulfide) groups is 1. The molecular formula is C22H25N3O2S. The van der Waals surface area contributed by atoms with E-state index in [4.69, 9.17) is 4.42 Å². The Bertz CT molecular complexity index is 916. The number of rotatable bonds is 8. The van der Waals surface area contributed by atoms with Gasteiger partial charge < -0.3 is 9.32 Å². The van der Waals surface area contributed by atoms with Crippen LogP contribution in [0.2, 0.25) is 0 Å². The number of carbonyl (C=O) groups excluding carboxylic acids is 1. The standard InChI is InChI=1S/C22H25N3O2S/c1-5-25(6-2)19-13-11-18(12-14-19)21-23-24-22(27-21)28-16(4)20(26)17-9-7-15(3)8-10-17/h7-14,16H,5-6H2,1-4H3. The summed E-state index contributed by atoms with van der Waals surface area (Å²) in [6.07, 6.45) is 0. The molecule has 0 amide bonds. The Morgan fingerprint density at radius 2 is 1.68 bits per heavy atom. The number of ketones is 1. The average Bonchev–Trinajstić information content (AvgIpc) is 3.18. The summed E-state index contributed by atoms with van der Waals surface area (Å²) in [5.41, 5.74) is 3.86. The fourth-order valence-corrected chi connectivity index (χ4v) is 3.70. The summed E-state index contributed by atoms with van der Waals surface area (Å²) in [5.74, 6) is 0.511. The van der Waals surface area contributed by atoms with Gasteiger partial charge in [-0.25, -0.2) is 0 Å². The Kier molecular flexibility index (Phi) is 6.52.